The monoisotopic (exact) mass is 199 g/mol. The molecule has 0 aliphatic carbocycles. The minimum atomic E-state index is -0.463. The summed E-state index contributed by atoms with van der Waals surface area (Å²) in [6, 6.07) is 0. The van der Waals surface area contributed by atoms with Gasteiger partial charge in [0.05, 0.1) is 5.54 Å². The van der Waals surface area contributed by atoms with E-state index in [0.717, 1.165) is 5.57 Å². The minimum absolute atomic E-state index is 0.412. The van der Waals surface area contributed by atoms with E-state index in [1.165, 1.54) is 0 Å². The lowest BCUT2D eigenvalue weighted by molar-refractivity contribution is 0.0487. The molecule has 0 aliphatic rings. The van der Waals surface area contributed by atoms with Crippen molar-refractivity contribution in [1.29, 1.82) is 0 Å². The molecule has 0 rings (SSSR count). The second-order valence-corrected chi connectivity index (χ2v) is 5.03. The third-order valence-corrected chi connectivity index (χ3v) is 1.88. The molecule has 14 heavy (non-hydrogen) atoms. The molecule has 0 atom stereocenters. The zero-order chi connectivity index (χ0) is 11.6. The van der Waals surface area contributed by atoms with E-state index >= 15 is 0 Å². The van der Waals surface area contributed by atoms with E-state index in [9.17, 15) is 4.79 Å². The molecule has 0 saturated carbocycles. The summed E-state index contributed by atoms with van der Waals surface area (Å²) in [6.07, 6.45) is -0.412. The zero-order valence-corrected chi connectivity index (χ0v) is 10.0. The maximum atomic E-state index is 11.4. The quantitative estimate of drug-likeness (QED) is 0.694. The Hall–Kier alpha value is -0.990. The van der Waals surface area contributed by atoms with Crippen molar-refractivity contribution in [3.63, 3.8) is 0 Å². The van der Waals surface area contributed by atoms with E-state index in [1.807, 2.05) is 41.5 Å². The van der Waals surface area contributed by atoms with E-state index in [1.54, 1.807) is 0 Å². The fourth-order valence-corrected chi connectivity index (χ4v) is 0.665. The lowest BCUT2D eigenvalue weighted by atomic mass is 9.97. The molecule has 1 N–H and O–H groups in total. The fourth-order valence-electron chi connectivity index (χ4n) is 0.665. The van der Waals surface area contributed by atoms with Crippen molar-refractivity contribution in [2.45, 2.75) is 52.7 Å². The van der Waals surface area contributed by atoms with Gasteiger partial charge in [-0.05, 0) is 41.5 Å². The summed E-state index contributed by atoms with van der Waals surface area (Å²) in [7, 11) is 0. The molecule has 0 aromatic carbocycles. The highest BCUT2D eigenvalue weighted by molar-refractivity contribution is 5.69. The fraction of sp³-hybridized carbons (Fsp3) is 0.727. The zero-order valence-electron chi connectivity index (χ0n) is 10.0. The van der Waals surface area contributed by atoms with Crippen LogP contribution < -0.4 is 5.32 Å². The normalized spacial score (nSPS) is 12.1. The van der Waals surface area contributed by atoms with Crippen molar-refractivity contribution in [2.75, 3.05) is 0 Å². The van der Waals surface area contributed by atoms with Gasteiger partial charge >= 0.3 is 6.09 Å². The summed E-state index contributed by atoms with van der Waals surface area (Å²) in [5, 5.41) is 2.75. The summed E-state index contributed by atoms with van der Waals surface area (Å²) >= 11 is 0. The van der Waals surface area contributed by atoms with Gasteiger partial charge < -0.3 is 10.1 Å². The number of amides is 1. The van der Waals surface area contributed by atoms with Gasteiger partial charge in [0, 0.05) is 0 Å². The van der Waals surface area contributed by atoms with Crippen LogP contribution in [0, 0.1) is 0 Å². The lowest BCUT2D eigenvalue weighted by Gasteiger charge is -2.28. The molecule has 0 spiro atoms. The van der Waals surface area contributed by atoms with Crippen LogP contribution in [-0.4, -0.2) is 17.2 Å². The number of hydrogen-bond acceptors (Lipinski definition) is 2. The lowest BCUT2D eigenvalue weighted by Crippen LogP contribution is -2.46. The largest absolute Gasteiger partial charge is 0.444 e. The smallest absolute Gasteiger partial charge is 0.408 e. The number of carbonyl (C=O) groups is 1. The Balaban J connectivity index is 4.27. The first-order valence-electron chi connectivity index (χ1n) is 4.72. The number of ether oxygens (including phenoxy) is 1. The molecule has 0 bridgehead atoms. The molecule has 0 aromatic heterocycles. The highest BCUT2D eigenvalue weighted by atomic mass is 16.6. The van der Waals surface area contributed by atoms with Crippen molar-refractivity contribution < 1.29 is 9.53 Å². The molecule has 0 aromatic rings. The van der Waals surface area contributed by atoms with Crippen molar-refractivity contribution in [3.05, 3.63) is 12.2 Å². The van der Waals surface area contributed by atoms with Crippen LogP contribution in [0.15, 0.2) is 12.2 Å². The molecule has 0 heterocycles. The van der Waals surface area contributed by atoms with Crippen molar-refractivity contribution >= 4 is 6.09 Å². The minimum Gasteiger partial charge on any atom is -0.444 e. The van der Waals surface area contributed by atoms with Gasteiger partial charge in [-0.3, -0.25) is 0 Å². The second-order valence-electron chi connectivity index (χ2n) is 5.03. The summed E-state index contributed by atoms with van der Waals surface area (Å²) in [4.78, 5) is 11.4. The van der Waals surface area contributed by atoms with E-state index in [0.29, 0.717) is 0 Å². The summed E-state index contributed by atoms with van der Waals surface area (Å²) in [5.74, 6) is 0. The molecule has 0 fully saturated rings. The molecule has 0 radical (unpaired) electrons. The van der Waals surface area contributed by atoms with E-state index in [-0.39, 0.29) is 0 Å². The van der Waals surface area contributed by atoms with Crippen molar-refractivity contribution in [1.82, 2.24) is 5.32 Å². The number of rotatable bonds is 2. The first-order chi connectivity index (χ1) is 6.04. The van der Waals surface area contributed by atoms with Crippen LogP contribution in [-0.2, 0) is 4.74 Å². The van der Waals surface area contributed by atoms with Gasteiger partial charge in [0.25, 0.3) is 0 Å². The van der Waals surface area contributed by atoms with Crippen LogP contribution >= 0.6 is 0 Å². The highest BCUT2D eigenvalue weighted by Crippen LogP contribution is 2.14. The third-order valence-electron chi connectivity index (χ3n) is 1.88. The highest BCUT2D eigenvalue weighted by Gasteiger charge is 2.24. The topological polar surface area (TPSA) is 38.3 Å². The number of nitrogens with one attached hydrogen (secondary N) is 1. The number of hydrogen-bond donors (Lipinski definition) is 1. The predicted octanol–water partition coefficient (Wildman–Crippen LogP) is 2.87. The third kappa shape index (κ3) is 4.90. The summed E-state index contributed by atoms with van der Waals surface area (Å²) in [6.45, 7) is 15.0. The molecule has 82 valence electrons. The van der Waals surface area contributed by atoms with Gasteiger partial charge in [-0.15, -0.1) is 0 Å². The van der Waals surface area contributed by atoms with Gasteiger partial charge in [0.15, 0.2) is 0 Å². The van der Waals surface area contributed by atoms with Crippen molar-refractivity contribution in [3.8, 4) is 0 Å². The van der Waals surface area contributed by atoms with E-state index < -0.39 is 17.2 Å². The van der Waals surface area contributed by atoms with Crippen molar-refractivity contribution in [2.24, 2.45) is 0 Å². The molecule has 3 heteroatoms. The standard InChI is InChI=1S/C11H21NO2/c1-8(2)11(6,7)12-9(13)14-10(3,4)5/h1H2,2-7H3,(H,12,13). The molecular formula is C11H21NO2. The van der Waals surface area contributed by atoms with Gasteiger partial charge in [-0.25, -0.2) is 4.79 Å². The molecule has 0 aliphatic heterocycles. The van der Waals surface area contributed by atoms with Crippen LogP contribution in [0.2, 0.25) is 0 Å². The Morgan fingerprint density at radius 3 is 1.93 bits per heavy atom. The molecule has 1 amide bonds. The van der Waals surface area contributed by atoms with Gasteiger partial charge in [0.1, 0.15) is 5.60 Å². The Kier molecular flexibility index (Phi) is 3.74. The molecular weight excluding hydrogens is 178 g/mol. The van der Waals surface area contributed by atoms with E-state index in [4.69, 9.17) is 4.74 Å². The maximum absolute atomic E-state index is 11.4. The van der Waals surface area contributed by atoms with Crippen LogP contribution in [0.3, 0.4) is 0 Å². The van der Waals surface area contributed by atoms with Crippen LogP contribution in [0.1, 0.15) is 41.5 Å². The average molecular weight is 199 g/mol. The molecule has 0 saturated heterocycles. The Labute approximate surface area is 86.5 Å². The van der Waals surface area contributed by atoms with Crippen LogP contribution in [0.4, 0.5) is 4.79 Å². The first kappa shape index (κ1) is 13.0. The van der Waals surface area contributed by atoms with Crippen LogP contribution in [0.5, 0.6) is 0 Å². The Bertz CT molecular complexity index is 236. The number of carbonyl (C=O) groups excluding carboxylic acids is 1. The van der Waals surface area contributed by atoms with Gasteiger partial charge in [0.2, 0.25) is 0 Å². The van der Waals surface area contributed by atoms with Gasteiger partial charge in [-0.1, -0.05) is 12.2 Å². The Morgan fingerprint density at radius 2 is 1.64 bits per heavy atom. The summed E-state index contributed by atoms with van der Waals surface area (Å²) < 4.78 is 5.13. The van der Waals surface area contributed by atoms with E-state index in [2.05, 4.69) is 11.9 Å². The van der Waals surface area contributed by atoms with Gasteiger partial charge in [-0.2, -0.15) is 0 Å². The predicted molar refractivity (Wildman–Crippen MR) is 58.3 cm³/mol. The average Bonchev–Trinajstić information content (AvgIpc) is 1.79. The SMILES string of the molecule is C=C(C)C(C)(C)NC(=O)OC(C)(C)C. The first-order valence-corrected chi connectivity index (χ1v) is 4.72. The summed E-state index contributed by atoms with van der Waals surface area (Å²) in [5.41, 5.74) is 0.000701. The molecule has 0 unspecified atom stereocenters. The Morgan fingerprint density at radius 1 is 1.21 bits per heavy atom. The molecule has 3 nitrogen and oxygen atoms in total. The second kappa shape index (κ2) is 4.03. The number of alkyl carbamates (subject to hydrolysis) is 1. The van der Waals surface area contributed by atoms with Crippen LogP contribution in [0.25, 0.3) is 0 Å². The maximum Gasteiger partial charge on any atom is 0.408 e.